The van der Waals surface area contributed by atoms with Gasteiger partial charge in [0.1, 0.15) is 0 Å². The molecule has 0 fully saturated rings. The molecule has 0 aliphatic rings. The van der Waals surface area contributed by atoms with E-state index >= 15 is 0 Å². The lowest BCUT2D eigenvalue weighted by Crippen LogP contribution is -2.13. The van der Waals surface area contributed by atoms with Gasteiger partial charge in [-0.3, -0.25) is 15.1 Å². The third-order valence-electron chi connectivity index (χ3n) is 2.83. The number of hydrogen-bond donors (Lipinski definition) is 1. The highest BCUT2D eigenvalue weighted by Crippen LogP contribution is 2.19. The van der Waals surface area contributed by atoms with Crippen molar-refractivity contribution in [2.75, 3.05) is 0 Å². The Morgan fingerprint density at radius 2 is 2.11 bits per heavy atom. The number of aromatic nitrogens is 1. The van der Waals surface area contributed by atoms with E-state index in [0.717, 1.165) is 11.3 Å². The first kappa shape index (κ1) is 13.2. The van der Waals surface area contributed by atoms with Crippen molar-refractivity contribution in [2.24, 2.45) is 0 Å². The molecule has 0 aliphatic heterocycles. The van der Waals surface area contributed by atoms with Crippen molar-refractivity contribution in [3.63, 3.8) is 0 Å². The van der Waals surface area contributed by atoms with Crippen LogP contribution in [0.2, 0.25) is 0 Å². The number of rotatable bonds is 5. The van der Waals surface area contributed by atoms with Gasteiger partial charge < -0.3 is 5.32 Å². The zero-order chi connectivity index (χ0) is 13.7. The van der Waals surface area contributed by atoms with E-state index in [-0.39, 0.29) is 10.6 Å². The summed E-state index contributed by atoms with van der Waals surface area (Å²) >= 11 is 0. The molecular weight excluding hydrogens is 242 g/mol. The van der Waals surface area contributed by atoms with Crippen molar-refractivity contribution in [2.45, 2.75) is 20.0 Å². The minimum absolute atomic E-state index is 0.164. The first-order valence-electron chi connectivity index (χ1n) is 6.01. The van der Waals surface area contributed by atoms with Gasteiger partial charge in [0.25, 0.3) is 5.69 Å². The van der Waals surface area contributed by atoms with Gasteiger partial charge >= 0.3 is 0 Å². The van der Waals surface area contributed by atoms with Gasteiger partial charge in [-0.05, 0) is 24.6 Å². The second kappa shape index (κ2) is 6.06. The van der Waals surface area contributed by atoms with Gasteiger partial charge in [-0.2, -0.15) is 0 Å². The first-order chi connectivity index (χ1) is 9.16. The number of benzene rings is 1. The molecule has 0 aliphatic carbocycles. The van der Waals surface area contributed by atoms with E-state index in [1.165, 1.54) is 0 Å². The molecule has 2 rings (SSSR count). The van der Waals surface area contributed by atoms with Crippen LogP contribution in [0, 0.1) is 17.0 Å². The maximum Gasteiger partial charge on any atom is 0.272 e. The summed E-state index contributed by atoms with van der Waals surface area (Å²) < 4.78 is 0. The molecule has 5 nitrogen and oxygen atoms in total. The highest BCUT2D eigenvalue weighted by molar-refractivity contribution is 5.42. The standard InChI is InChI=1S/C14H15N3O2/c1-11-5-6-12(8-14(11)17(18)19)9-15-10-13-4-2-3-7-16-13/h2-8,15H,9-10H2,1H3. The summed E-state index contributed by atoms with van der Waals surface area (Å²) in [5.74, 6) is 0. The van der Waals surface area contributed by atoms with Crippen molar-refractivity contribution < 1.29 is 4.92 Å². The summed E-state index contributed by atoms with van der Waals surface area (Å²) in [5, 5.41) is 14.1. The van der Waals surface area contributed by atoms with Crippen LogP contribution in [-0.4, -0.2) is 9.91 Å². The fraction of sp³-hybridized carbons (Fsp3) is 0.214. The van der Waals surface area contributed by atoms with Crippen LogP contribution in [0.25, 0.3) is 0 Å². The molecule has 0 radical (unpaired) electrons. The Balaban J connectivity index is 1.97. The molecule has 5 heteroatoms. The summed E-state index contributed by atoms with van der Waals surface area (Å²) in [7, 11) is 0. The van der Waals surface area contributed by atoms with Crippen molar-refractivity contribution in [1.29, 1.82) is 0 Å². The molecule has 98 valence electrons. The third kappa shape index (κ3) is 3.59. The van der Waals surface area contributed by atoms with Crippen LogP contribution in [0.1, 0.15) is 16.8 Å². The molecule has 0 amide bonds. The first-order valence-corrected chi connectivity index (χ1v) is 6.01. The second-order valence-corrected chi connectivity index (χ2v) is 4.30. The quantitative estimate of drug-likeness (QED) is 0.660. The smallest absolute Gasteiger partial charge is 0.272 e. The lowest BCUT2D eigenvalue weighted by Gasteiger charge is -2.05. The van der Waals surface area contributed by atoms with E-state index in [4.69, 9.17) is 0 Å². The summed E-state index contributed by atoms with van der Waals surface area (Å²) in [6.45, 7) is 2.96. The molecule has 0 spiro atoms. The Labute approximate surface area is 111 Å². The number of nitrogens with zero attached hydrogens (tertiary/aromatic N) is 2. The molecule has 19 heavy (non-hydrogen) atoms. The Kier molecular flexibility index (Phi) is 4.20. The Bertz CT molecular complexity index is 570. The topological polar surface area (TPSA) is 68.1 Å². The molecule has 0 atom stereocenters. The summed E-state index contributed by atoms with van der Waals surface area (Å²) in [6, 6.07) is 11.0. The SMILES string of the molecule is Cc1ccc(CNCc2ccccn2)cc1[N+](=O)[O-]. The molecule has 1 heterocycles. The molecule has 1 N–H and O–H groups in total. The monoisotopic (exact) mass is 257 g/mol. The summed E-state index contributed by atoms with van der Waals surface area (Å²) in [6.07, 6.45) is 1.74. The lowest BCUT2D eigenvalue weighted by atomic mass is 10.1. The van der Waals surface area contributed by atoms with Crippen molar-refractivity contribution in [1.82, 2.24) is 10.3 Å². The highest BCUT2D eigenvalue weighted by atomic mass is 16.6. The van der Waals surface area contributed by atoms with Gasteiger partial charge in [-0.1, -0.05) is 18.2 Å². The average molecular weight is 257 g/mol. The largest absolute Gasteiger partial charge is 0.307 e. The molecule has 1 aromatic heterocycles. The van der Waals surface area contributed by atoms with Gasteiger partial charge in [0.2, 0.25) is 0 Å². The maximum absolute atomic E-state index is 10.8. The highest BCUT2D eigenvalue weighted by Gasteiger charge is 2.10. The number of aryl methyl sites for hydroxylation is 1. The Morgan fingerprint density at radius 3 is 2.79 bits per heavy atom. The Hall–Kier alpha value is -2.27. The zero-order valence-corrected chi connectivity index (χ0v) is 10.7. The minimum atomic E-state index is -0.350. The summed E-state index contributed by atoms with van der Waals surface area (Å²) in [4.78, 5) is 14.7. The fourth-order valence-electron chi connectivity index (χ4n) is 1.80. The van der Waals surface area contributed by atoms with Crippen molar-refractivity contribution in [3.05, 3.63) is 69.5 Å². The lowest BCUT2D eigenvalue weighted by molar-refractivity contribution is -0.385. The molecule has 2 aromatic rings. The third-order valence-corrected chi connectivity index (χ3v) is 2.83. The van der Waals surface area contributed by atoms with Crippen LogP contribution < -0.4 is 5.32 Å². The van der Waals surface area contributed by atoms with E-state index in [1.807, 2.05) is 24.3 Å². The van der Waals surface area contributed by atoms with Gasteiger partial charge in [-0.25, -0.2) is 0 Å². The van der Waals surface area contributed by atoms with Crippen molar-refractivity contribution >= 4 is 5.69 Å². The zero-order valence-electron chi connectivity index (χ0n) is 10.7. The predicted octanol–water partition coefficient (Wildman–Crippen LogP) is 2.59. The average Bonchev–Trinajstić information content (AvgIpc) is 2.41. The van der Waals surface area contributed by atoms with Gasteiger partial charge in [0.15, 0.2) is 0 Å². The van der Waals surface area contributed by atoms with E-state index in [1.54, 1.807) is 25.3 Å². The van der Waals surface area contributed by atoms with Crippen LogP contribution in [0.15, 0.2) is 42.6 Å². The number of nitro benzene ring substituents is 1. The van der Waals surface area contributed by atoms with Crippen LogP contribution in [0.3, 0.4) is 0 Å². The molecule has 0 saturated carbocycles. The molecular formula is C14H15N3O2. The number of nitrogens with one attached hydrogen (secondary N) is 1. The van der Waals surface area contributed by atoms with Gasteiger partial charge in [0.05, 0.1) is 10.6 Å². The normalized spacial score (nSPS) is 10.4. The van der Waals surface area contributed by atoms with Gasteiger partial charge in [0, 0.05) is 30.9 Å². The summed E-state index contributed by atoms with van der Waals surface area (Å²) in [5.41, 5.74) is 2.69. The van der Waals surface area contributed by atoms with E-state index in [0.29, 0.717) is 18.7 Å². The Morgan fingerprint density at radius 1 is 1.26 bits per heavy atom. The van der Waals surface area contributed by atoms with Crippen LogP contribution in [0.5, 0.6) is 0 Å². The number of pyridine rings is 1. The molecule has 1 aromatic carbocycles. The number of nitro groups is 1. The van der Waals surface area contributed by atoms with Crippen molar-refractivity contribution in [3.8, 4) is 0 Å². The van der Waals surface area contributed by atoms with Crippen LogP contribution in [0.4, 0.5) is 5.69 Å². The minimum Gasteiger partial charge on any atom is -0.307 e. The van der Waals surface area contributed by atoms with Gasteiger partial charge in [-0.15, -0.1) is 0 Å². The maximum atomic E-state index is 10.8. The molecule has 0 unspecified atom stereocenters. The van der Waals surface area contributed by atoms with Crippen LogP contribution >= 0.6 is 0 Å². The molecule has 0 saturated heterocycles. The molecule has 0 bridgehead atoms. The van der Waals surface area contributed by atoms with E-state index in [2.05, 4.69) is 10.3 Å². The predicted molar refractivity (Wildman–Crippen MR) is 72.6 cm³/mol. The van der Waals surface area contributed by atoms with E-state index in [9.17, 15) is 10.1 Å². The van der Waals surface area contributed by atoms with Crippen LogP contribution in [-0.2, 0) is 13.1 Å². The fourth-order valence-corrected chi connectivity index (χ4v) is 1.80. The van der Waals surface area contributed by atoms with E-state index < -0.39 is 0 Å². The number of hydrogen-bond acceptors (Lipinski definition) is 4. The second-order valence-electron chi connectivity index (χ2n) is 4.30.